The van der Waals surface area contributed by atoms with Crippen LogP contribution in [0.3, 0.4) is 0 Å². The van der Waals surface area contributed by atoms with Gasteiger partial charge in [0.25, 0.3) is 0 Å². The Labute approximate surface area is 439 Å². The predicted molar refractivity (Wildman–Crippen MR) is 307 cm³/mol. The number of carbonyl (C=O) groups is 1. The van der Waals surface area contributed by atoms with Crippen molar-refractivity contribution in [2.24, 2.45) is 0 Å². The maximum absolute atomic E-state index is 12.6. The van der Waals surface area contributed by atoms with E-state index in [0.29, 0.717) is 12.8 Å². The average Bonchev–Trinajstić information content (AvgIpc) is 3.36. The lowest BCUT2D eigenvalue weighted by molar-refractivity contribution is -0.132. The number of unbranched alkanes of at least 4 members (excludes halogenated alkanes) is 52. The van der Waals surface area contributed by atoms with E-state index in [0.717, 1.165) is 38.5 Å². The molecule has 0 heterocycles. The average molecular weight is 993 g/mol. The molecule has 6 nitrogen and oxygen atoms in total. The van der Waals surface area contributed by atoms with E-state index in [9.17, 15) is 25.2 Å². The third-order valence-corrected chi connectivity index (χ3v) is 15.8. The molecule has 0 bridgehead atoms. The van der Waals surface area contributed by atoms with Crippen LogP contribution in [0.5, 0.6) is 0 Å². The first-order valence-electron chi connectivity index (χ1n) is 32.4. The van der Waals surface area contributed by atoms with Crippen molar-refractivity contribution in [1.29, 1.82) is 0 Å². The summed E-state index contributed by atoms with van der Waals surface area (Å²) in [5.74, 6) is -0.574. The summed E-state index contributed by atoms with van der Waals surface area (Å²) in [5.41, 5.74) is 0. The van der Waals surface area contributed by atoms with Crippen molar-refractivity contribution in [2.45, 2.75) is 398 Å². The van der Waals surface area contributed by atoms with E-state index >= 15 is 0 Å². The molecule has 0 aromatic carbocycles. The zero-order valence-electron chi connectivity index (χ0n) is 47.8. The van der Waals surface area contributed by atoms with Gasteiger partial charge in [-0.05, 0) is 12.8 Å². The normalized spacial score (nSPS) is 13.5. The fourth-order valence-electron chi connectivity index (χ4n) is 10.8. The van der Waals surface area contributed by atoms with Gasteiger partial charge in [-0.3, -0.25) is 4.79 Å². The molecule has 0 spiro atoms. The van der Waals surface area contributed by atoms with Crippen LogP contribution in [0.2, 0.25) is 0 Å². The van der Waals surface area contributed by atoms with E-state index < -0.39 is 36.9 Å². The maximum Gasteiger partial charge on any atom is 0.249 e. The van der Waals surface area contributed by atoms with Crippen molar-refractivity contribution < 1.29 is 25.2 Å². The molecule has 0 aliphatic carbocycles. The Morgan fingerprint density at radius 3 is 0.686 bits per heavy atom. The summed E-state index contributed by atoms with van der Waals surface area (Å²) in [6.45, 7) is 4.11. The molecule has 0 aromatic rings. The highest BCUT2D eigenvalue weighted by Gasteiger charge is 2.28. The molecule has 5 N–H and O–H groups in total. The standard InChI is InChI=1S/C64H129NO5/c1-3-5-7-9-11-13-15-17-19-21-23-25-27-28-29-30-31-32-33-34-35-36-38-40-42-44-46-48-50-52-54-56-58-62(68)64(70)65-60(59-66)63(69)61(67)57-55-53-51-49-47-45-43-41-39-37-26-24-22-20-18-16-14-12-10-8-6-4-2/h60-63,66-69H,3-59H2,1-2H3,(H,65,70). The summed E-state index contributed by atoms with van der Waals surface area (Å²) >= 11 is 0. The molecule has 0 saturated carbocycles. The first-order valence-corrected chi connectivity index (χ1v) is 32.4. The lowest BCUT2D eigenvalue weighted by atomic mass is 9.99. The first kappa shape index (κ1) is 69.3. The van der Waals surface area contributed by atoms with Crippen LogP contribution in [-0.4, -0.2) is 57.3 Å². The molecule has 0 radical (unpaired) electrons. The summed E-state index contributed by atoms with van der Waals surface area (Å²) in [5, 5.41) is 44.2. The lowest BCUT2D eigenvalue weighted by Crippen LogP contribution is -2.53. The summed E-state index contributed by atoms with van der Waals surface area (Å²) in [6.07, 6.45) is 70.6. The fraction of sp³-hybridized carbons (Fsp3) is 0.984. The molecule has 0 aliphatic heterocycles. The van der Waals surface area contributed by atoms with Crippen molar-refractivity contribution in [2.75, 3.05) is 6.61 Å². The van der Waals surface area contributed by atoms with Crippen molar-refractivity contribution >= 4 is 5.91 Å². The number of amides is 1. The van der Waals surface area contributed by atoms with Crippen molar-refractivity contribution in [1.82, 2.24) is 5.32 Å². The van der Waals surface area contributed by atoms with Crippen LogP contribution >= 0.6 is 0 Å². The highest BCUT2D eigenvalue weighted by Crippen LogP contribution is 2.20. The fourth-order valence-corrected chi connectivity index (χ4v) is 10.8. The molecule has 420 valence electrons. The van der Waals surface area contributed by atoms with E-state index in [1.807, 2.05) is 0 Å². The van der Waals surface area contributed by atoms with Gasteiger partial charge in [0, 0.05) is 0 Å². The monoisotopic (exact) mass is 992 g/mol. The minimum absolute atomic E-state index is 0.377. The molecule has 70 heavy (non-hydrogen) atoms. The van der Waals surface area contributed by atoms with Crippen LogP contribution in [0.1, 0.15) is 373 Å². The van der Waals surface area contributed by atoms with Crippen LogP contribution in [-0.2, 0) is 4.79 Å². The molecular formula is C64H129NO5. The Morgan fingerprint density at radius 1 is 0.300 bits per heavy atom. The van der Waals surface area contributed by atoms with Crippen LogP contribution in [0.15, 0.2) is 0 Å². The second-order valence-corrected chi connectivity index (χ2v) is 22.8. The largest absolute Gasteiger partial charge is 0.394 e. The van der Waals surface area contributed by atoms with E-state index in [2.05, 4.69) is 19.2 Å². The van der Waals surface area contributed by atoms with Crippen molar-refractivity contribution in [3.8, 4) is 0 Å². The molecule has 0 rings (SSSR count). The van der Waals surface area contributed by atoms with Gasteiger partial charge in [0.1, 0.15) is 12.2 Å². The first-order chi connectivity index (χ1) is 34.5. The third kappa shape index (κ3) is 52.2. The number of carbonyl (C=O) groups excluding carboxylic acids is 1. The Bertz CT molecular complexity index is 979. The number of aliphatic hydroxyl groups excluding tert-OH is 4. The van der Waals surface area contributed by atoms with Gasteiger partial charge in [-0.25, -0.2) is 0 Å². The summed E-state index contributed by atoms with van der Waals surface area (Å²) in [4.78, 5) is 12.6. The number of aliphatic hydroxyl groups is 4. The topological polar surface area (TPSA) is 110 Å². The smallest absolute Gasteiger partial charge is 0.249 e. The van der Waals surface area contributed by atoms with Crippen molar-refractivity contribution in [3.05, 3.63) is 0 Å². The van der Waals surface area contributed by atoms with E-state index in [4.69, 9.17) is 0 Å². The molecule has 6 heteroatoms. The Morgan fingerprint density at radius 2 is 0.486 bits per heavy atom. The third-order valence-electron chi connectivity index (χ3n) is 15.8. The Hall–Kier alpha value is -0.690. The molecule has 0 aliphatic rings. The molecular weight excluding hydrogens is 863 g/mol. The highest BCUT2D eigenvalue weighted by molar-refractivity contribution is 5.80. The van der Waals surface area contributed by atoms with Crippen LogP contribution in [0.4, 0.5) is 0 Å². The number of hydrogen-bond acceptors (Lipinski definition) is 5. The SMILES string of the molecule is CCCCCCCCCCCCCCCCCCCCCCCCCCCCCCCCCCC(O)C(=O)NC(CO)C(O)C(O)CCCCCCCCCCCCCCCCCCCCCCCC. The summed E-state index contributed by atoms with van der Waals surface area (Å²) in [6, 6.07) is -0.981. The minimum Gasteiger partial charge on any atom is -0.394 e. The minimum atomic E-state index is -1.26. The van der Waals surface area contributed by atoms with Crippen LogP contribution < -0.4 is 5.32 Å². The van der Waals surface area contributed by atoms with Gasteiger partial charge >= 0.3 is 0 Å². The lowest BCUT2D eigenvalue weighted by Gasteiger charge is -2.27. The zero-order valence-corrected chi connectivity index (χ0v) is 47.8. The second kappa shape index (κ2) is 59.2. The predicted octanol–water partition coefficient (Wildman–Crippen LogP) is 19.4. The van der Waals surface area contributed by atoms with Crippen LogP contribution in [0.25, 0.3) is 0 Å². The molecule has 1 amide bonds. The van der Waals surface area contributed by atoms with Gasteiger partial charge in [0.05, 0.1) is 18.8 Å². The Kier molecular flexibility index (Phi) is 58.6. The van der Waals surface area contributed by atoms with Gasteiger partial charge in [-0.1, -0.05) is 361 Å². The Balaban J connectivity index is 3.52. The molecule has 0 saturated heterocycles. The van der Waals surface area contributed by atoms with Gasteiger partial charge < -0.3 is 25.7 Å². The highest BCUT2D eigenvalue weighted by atomic mass is 16.3. The van der Waals surface area contributed by atoms with Gasteiger partial charge in [0.15, 0.2) is 0 Å². The summed E-state index contributed by atoms with van der Waals surface area (Å²) in [7, 11) is 0. The quantitative estimate of drug-likeness (QED) is 0.0390. The van der Waals surface area contributed by atoms with Crippen LogP contribution in [0, 0.1) is 0 Å². The number of nitrogens with one attached hydrogen (secondary N) is 1. The summed E-state index contributed by atoms with van der Waals surface area (Å²) < 4.78 is 0. The maximum atomic E-state index is 12.6. The van der Waals surface area contributed by atoms with Gasteiger partial charge in [0.2, 0.25) is 5.91 Å². The van der Waals surface area contributed by atoms with Crippen molar-refractivity contribution in [3.63, 3.8) is 0 Å². The second-order valence-electron chi connectivity index (χ2n) is 22.8. The van der Waals surface area contributed by atoms with Gasteiger partial charge in [-0.2, -0.15) is 0 Å². The van der Waals surface area contributed by atoms with E-state index in [1.165, 1.54) is 308 Å². The van der Waals surface area contributed by atoms with Gasteiger partial charge in [-0.15, -0.1) is 0 Å². The molecule has 4 atom stereocenters. The number of rotatable bonds is 61. The molecule has 0 fully saturated rings. The van der Waals surface area contributed by atoms with E-state index in [-0.39, 0.29) is 0 Å². The molecule has 4 unspecified atom stereocenters. The number of hydrogen-bond donors (Lipinski definition) is 5. The molecule has 0 aromatic heterocycles. The van der Waals surface area contributed by atoms with E-state index in [1.54, 1.807) is 0 Å². The zero-order chi connectivity index (χ0) is 50.9.